The predicted octanol–water partition coefficient (Wildman–Crippen LogP) is 3.53. The number of pyridine rings is 1. The smallest absolute Gasteiger partial charge is 0.138 e. The van der Waals surface area contributed by atoms with E-state index in [-0.39, 0.29) is 0 Å². The zero-order chi connectivity index (χ0) is 17.6. The molecule has 0 amide bonds. The molecule has 3 aromatic rings. The van der Waals surface area contributed by atoms with Gasteiger partial charge in [0.15, 0.2) is 0 Å². The van der Waals surface area contributed by atoms with E-state index in [2.05, 4.69) is 22.0 Å². The molecule has 1 aromatic carbocycles. The standard InChI is InChI=1S/C21H24N4O/c1-2-7-19(8-3-1)26-15-14-24-12-5-6-18(16-24)20-9-4-10-21(23-20)25-13-11-22-17-25/h1-4,7-11,13,17-18H,5-6,12,14-16H2/t18-/m0/s1. The molecule has 0 saturated carbocycles. The van der Waals surface area contributed by atoms with Gasteiger partial charge in [-0.05, 0) is 43.7 Å². The lowest BCUT2D eigenvalue weighted by molar-refractivity contribution is 0.169. The monoisotopic (exact) mass is 348 g/mol. The summed E-state index contributed by atoms with van der Waals surface area (Å²) >= 11 is 0. The van der Waals surface area contributed by atoms with Crippen LogP contribution in [0, 0.1) is 0 Å². The first-order valence-electron chi connectivity index (χ1n) is 9.24. The summed E-state index contributed by atoms with van der Waals surface area (Å²) in [4.78, 5) is 11.5. The minimum atomic E-state index is 0.476. The molecule has 2 aromatic heterocycles. The molecule has 1 saturated heterocycles. The molecule has 5 heteroatoms. The van der Waals surface area contributed by atoms with Crippen molar-refractivity contribution in [3.8, 4) is 11.6 Å². The van der Waals surface area contributed by atoms with E-state index in [9.17, 15) is 0 Å². The number of ether oxygens (including phenoxy) is 1. The lowest BCUT2D eigenvalue weighted by Gasteiger charge is -2.32. The molecule has 0 unspecified atom stereocenters. The summed E-state index contributed by atoms with van der Waals surface area (Å²) in [5.74, 6) is 2.35. The van der Waals surface area contributed by atoms with Gasteiger partial charge in [0.2, 0.25) is 0 Å². The summed E-state index contributed by atoms with van der Waals surface area (Å²) in [6.45, 7) is 3.85. The van der Waals surface area contributed by atoms with Crippen molar-refractivity contribution in [2.75, 3.05) is 26.2 Å². The molecule has 0 N–H and O–H groups in total. The van der Waals surface area contributed by atoms with Gasteiger partial charge in [0.25, 0.3) is 0 Å². The second kappa shape index (κ2) is 8.15. The van der Waals surface area contributed by atoms with Crippen LogP contribution >= 0.6 is 0 Å². The highest BCUT2D eigenvalue weighted by Gasteiger charge is 2.22. The zero-order valence-electron chi connectivity index (χ0n) is 14.9. The highest BCUT2D eigenvalue weighted by Crippen LogP contribution is 2.26. The first-order chi connectivity index (χ1) is 12.9. The van der Waals surface area contributed by atoms with Crippen LogP contribution in [0.15, 0.2) is 67.3 Å². The van der Waals surface area contributed by atoms with Crippen LogP contribution < -0.4 is 4.74 Å². The van der Waals surface area contributed by atoms with Crippen LogP contribution in [-0.4, -0.2) is 45.7 Å². The molecule has 0 radical (unpaired) electrons. The molecule has 134 valence electrons. The average Bonchev–Trinajstić information content (AvgIpc) is 3.24. The fourth-order valence-electron chi connectivity index (χ4n) is 3.51. The topological polar surface area (TPSA) is 43.2 Å². The lowest BCUT2D eigenvalue weighted by atomic mass is 9.94. The van der Waals surface area contributed by atoms with Gasteiger partial charge in [-0.2, -0.15) is 0 Å². The Labute approximate surface area is 154 Å². The first-order valence-corrected chi connectivity index (χ1v) is 9.24. The molecule has 4 rings (SSSR count). The number of aromatic nitrogens is 3. The minimum Gasteiger partial charge on any atom is -0.492 e. The van der Waals surface area contributed by atoms with E-state index in [0.717, 1.165) is 37.8 Å². The van der Waals surface area contributed by atoms with Crippen molar-refractivity contribution in [3.05, 3.63) is 72.9 Å². The van der Waals surface area contributed by atoms with E-state index in [1.165, 1.54) is 18.5 Å². The predicted molar refractivity (Wildman–Crippen MR) is 102 cm³/mol. The van der Waals surface area contributed by atoms with Gasteiger partial charge in [-0.25, -0.2) is 9.97 Å². The van der Waals surface area contributed by atoms with E-state index in [0.29, 0.717) is 5.92 Å². The van der Waals surface area contributed by atoms with Crippen LogP contribution in [0.4, 0.5) is 0 Å². The summed E-state index contributed by atoms with van der Waals surface area (Å²) in [6.07, 6.45) is 7.90. The third-order valence-corrected chi connectivity index (χ3v) is 4.87. The van der Waals surface area contributed by atoms with Crippen molar-refractivity contribution in [2.24, 2.45) is 0 Å². The fourth-order valence-corrected chi connectivity index (χ4v) is 3.51. The first kappa shape index (κ1) is 16.8. The van der Waals surface area contributed by atoms with E-state index >= 15 is 0 Å². The molecule has 1 fully saturated rings. The molecule has 3 heterocycles. The molecule has 0 spiro atoms. The summed E-state index contributed by atoms with van der Waals surface area (Å²) in [7, 11) is 0. The Morgan fingerprint density at radius 3 is 2.85 bits per heavy atom. The molecule has 5 nitrogen and oxygen atoms in total. The normalized spacial score (nSPS) is 17.9. The number of para-hydroxylation sites is 1. The maximum Gasteiger partial charge on any atom is 0.138 e. The van der Waals surface area contributed by atoms with Crippen LogP contribution in [0.3, 0.4) is 0 Å². The van der Waals surface area contributed by atoms with Crippen molar-refractivity contribution in [1.29, 1.82) is 0 Å². The van der Waals surface area contributed by atoms with Crippen molar-refractivity contribution in [1.82, 2.24) is 19.4 Å². The molecular weight excluding hydrogens is 324 g/mol. The Bertz CT molecular complexity index is 804. The molecule has 1 atom stereocenters. The van der Waals surface area contributed by atoms with E-state index in [4.69, 9.17) is 9.72 Å². The van der Waals surface area contributed by atoms with Crippen LogP contribution in [0.25, 0.3) is 5.82 Å². The van der Waals surface area contributed by atoms with Gasteiger partial charge < -0.3 is 4.74 Å². The molecule has 1 aliphatic heterocycles. The Morgan fingerprint density at radius 1 is 1.08 bits per heavy atom. The van der Waals surface area contributed by atoms with E-state index in [1.807, 2.05) is 47.2 Å². The molecule has 0 bridgehead atoms. The number of hydrogen-bond acceptors (Lipinski definition) is 4. The number of piperidine rings is 1. The summed E-state index contributed by atoms with van der Waals surface area (Å²) in [5, 5.41) is 0. The Hall–Kier alpha value is -2.66. The number of likely N-dealkylation sites (tertiary alicyclic amines) is 1. The number of nitrogens with zero attached hydrogens (tertiary/aromatic N) is 4. The average molecular weight is 348 g/mol. The van der Waals surface area contributed by atoms with Gasteiger partial charge in [0.1, 0.15) is 24.5 Å². The van der Waals surface area contributed by atoms with Gasteiger partial charge in [-0.3, -0.25) is 9.47 Å². The number of hydrogen-bond donors (Lipinski definition) is 0. The van der Waals surface area contributed by atoms with Gasteiger partial charge in [-0.1, -0.05) is 24.3 Å². The number of rotatable bonds is 6. The van der Waals surface area contributed by atoms with Crippen molar-refractivity contribution < 1.29 is 4.74 Å². The van der Waals surface area contributed by atoms with E-state index in [1.54, 1.807) is 12.5 Å². The Kier molecular flexibility index (Phi) is 5.26. The molecule has 26 heavy (non-hydrogen) atoms. The van der Waals surface area contributed by atoms with Gasteiger partial charge in [0.05, 0.1) is 0 Å². The van der Waals surface area contributed by atoms with Crippen molar-refractivity contribution in [2.45, 2.75) is 18.8 Å². The Morgan fingerprint density at radius 2 is 2.00 bits per heavy atom. The van der Waals surface area contributed by atoms with Gasteiger partial charge >= 0.3 is 0 Å². The summed E-state index contributed by atoms with van der Waals surface area (Å²) < 4.78 is 7.81. The highest BCUT2D eigenvalue weighted by molar-refractivity contribution is 5.26. The summed E-state index contributed by atoms with van der Waals surface area (Å²) in [6, 6.07) is 16.3. The van der Waals surface area contributed by atoms with Crippen LogP contribution in [-0.2, 0) is 0 Å². The number of imidazole rings is 1. The fraction of sp³-hybridized carbons (Fsp3) is 0.333. The van der Waals surface area contributed by atoms with Crippen molar-refractivity contribution in [3.63, 3.8) is 0 Å². The third-order valence-electron chi connectivity index (χ3n) is 4.87. The van der Waals surface area contributed by atoms with Crippen LogP contribution in [0.1, 0.15) is 24.5 Å². The molecule has 1 aliphatic rings. The molecular formula is C21H24N4O. The molecule has 0 aliphatic carbocycles. The number of benzene rings is 1. The Balaban J connectivity index is 1.35. The van der Waals surface area contributed by atoms with Crippen molar-refractivity contribution >= 4 is 0 Å². The van der Waals surface area contributed by atoms with Gasteiger partial charge in [0, 0.05) is 37.1 Å². The van der Waals surface area contributed by atoms with Gasteiger partial charge in [-0.15, -0.1) is 0 Å². The quantitative estimate of drug-likeness (QED) is 0.683. The van der Waals surface area contributed by atoms with Crippen LogP contribution in [0.2, 0.25) is 0 Å². The third kappa shape index (κ3) is 4.11. The zero-order valence-corrected chi connectivity index (χ0v) is 14.9. The SMILES string of the molecule is c1ccc(OCCN2CCC[C@H](c3cccc(-n4ccnc4)n3)C2)cc1. The second-order valence-corrected chi connectivity index (χ2v) is 6.69. The summed E-state index contributed by atoms with van der Waals surface area (Å²) in [5.41, 5.74) is 1.17. The van der Waals surface area contributed by atoms with Crippen LogP contribution in [0.5, 0.6) is 5.75 Å². The largest absolute Gasteiger partial charge is 0.492 e. The highest BCUT2D eigenvalue weighted by atomic mass is 16.5. The second-order valence-electron chi connectivity index (χ2n) is 6.69. The maximum atomic E-state index is 5.85. The lowest BCUT2D eigenvalue weighted by Crippen LogP contribution is -2.37. The van der Waals surface area contributed by atoms with E-state index < -0.39 is 0 Å². The maximum absolute atomic E-state index is 5.85. The minimum absolute atomic E-state index is 0.476.